The second-order valence-corrected chi connectivity index (χ2v) is 1.76. The molecule has 9 heavy (non-hydrogen) atoms. The maximum Gasteiger partial charge on any atom is 0.354 e. The highest BCUT2D eigenvalue weighted by atomic mass is 35.5. The molecule has 0 radical (unpaired) electrons. The van der Waals surface area contributed by atoms with E-state index in [4.69, 9.17) is 5.11 Å². The highest BCUT2D eigenvalue weighted by Crippen LogP contribution is 2.26. The van der Waals surface area contributed by atoms with Crippen LogP contribution in [0.4, 0.5) is 8.78 Å². The van der Waals surface area contributed by atoms with Gasteiger partial charge in [0.2, 0.25) is 0 Å². The number of carboxylic acid groups (broad SMARTS) is 1. The summed E-state index contributed by atoms with van der Waals surface area (Å²) in [4.78, 5) is 9.68. The summed E-state index contributed by atoms with van der Waals surface area (Å²) in [5, 5.41) is 4.01. The molecule has 0 saturated carbocycles. The molecule has 1 N–H and O–H groups in total. The first-order valence-electron chi connectivity index (χ1n) is 1.85. The summed E-state index contributed by atoms with van der Waals surface area (Å²) in [6.45, 7) is 2.54. The Morgan fingerprint density at radius 3 is 2.00 bits per heavy atom. The third-order valence-corrected chi connectivity index (χ3v) is 0.828. The van der Waals surface area contributed by atoms with Crippen molar-refractivity contribution in [1.29, 1.82) is 0 Å². The predicted molar refractivity (Wildman–Crippen MR) is 27.6 cm³/mol. The van der Waals surface area contributed by atoms with E-state index in [1.165, 1.54) is 0 Å². The number of halogens is 3. The fraction of sp³-hybridized carbons (Fsp3) is 0.250. The molecule has 0 aromatic carbocycles. The third kappa shape index (κ3) is 2.41. The van der Waals surface area contributed by atoms with Crippen LogP contribution in [0, 0.1) is 0 Å². The molecular weight excluding hydrogens is 153 g/mol. The normalized spacial score (nSPS) is 11.0. The van der Waals surface area contributed by atoms with Gasteiger partial charge in [-0.15, -0.1) is 0 Å². The molecule has 52 valence electrons. The minimum Gasteiger partial charge on any atom is -0.478 e. The van der Waals surface area contributed by atoms with Gasteiger partial charge >= 0.3 is 11.4 Å². The van der Waals surface area contributed by atoms with E-state index in [1.807, 2.05) is 0 Å². The molecule has 0 atom stereocenters. The van der Waals surface area contributed by atoms with Crippen molar-refractivity contribution in [2.45, 2.75) is 5.38 Å². The van der Waals surface area contributed by atoms with Crippen LogP contribution in [-0.4, -0.2) is 16.5 Å². The van der Waals surface area contributed by atoms with Crippen molar-refractivity contribution in [2.75, 3.05) is 0 Å². The van der Waals surface area contributed by atoms with Gasteiger partial charge in [-0.25, -0.2) is 4.79 Å². The van der Waals surface area contributed by atoms with Crippen LogP contribution in [0.1, 0.15) is 0 Å². The van der Waals surface area contributed by atoms with Gasteiger partial charge in [-0.05, 0) is 11.6 Å². The summed E-state index contributed by atoms with van der Waals surface area (Å²) in [5.74, 6) is -1.80. The van der Waals surface area contributed by atoms with Crippen LogP contribution in [0.2, 0.25) is 0 Å². The number of aliphatic carboxylic acids is 1. The minimum atomic E-state index is -3.84. The predicted octanol–water partition coefficient (Wildman–Crippen LogP) is 1.46. The molecular formula is C4H3ClF2O2. The molecule has 0 unspecified atom stereocenters. The summed E-state index contributed by atoms with van der Waals surface area (Å²) in [7, 11) is 0. The summed E-state index contributed by atoms with van der Waals surface area (Å²) in [6, 6.07) is 0. The topological polar surface area (TPSA) is 37.3 Å². The highest BCUT2D eigenvalue weighted by Gasteiger charge is 2.33. The highest BCUT2D eigenvalue weighted by molar-refractivity contribution is 6.26. The lowest BCUT2D eigenvalue weighted by molar-refractivity contribution is -0.134. The van der Waals surface area contributed by atoms with Crippen LogP contribution in [-0.2, 0) is 4.79 Å². The lowest BCUT2D eigenvalue weighted by atomic mass is 10.3. The fourth-order valence-corrected chi connectivity index (χ4v) is 0.202. The van der Waals surface area contributed by atoms with Crippen LogP contribution in [0.15, 0.2) is 12.2 Å². The van der Waals surface area contributed by atoms with Gasteiger partial charge < -0.3 is 5.11 Å². The standard InChI is InChI=1S/C4H3ClF2O2/c1-2(3(8)9)4(5,6)7/h1H2,(H,8,9). The monoisotopic (exact) mass is 156 g/mol. The molecule has 0 amide bonds. The zero-order valence-corrected chi connectivity index (χ0v) is 4.95. The third-order valence-electron chi connectivity index (χ3n) is 0.600. The van der Waals surface area contributed by atoms with Crippen molar-refractivity contribution in [2.24, 2.45) is 0 Å². The van der Waals surface area contributed by atoms with Crippen LogP contribution >= 0.6 is 11.6 Å². The Labute approximate surface area is 54.7 Å². The van der Waals surface area contributed by atoms with Gasteiger partial charge in [0.1, 0.15) is 5.57 Å². The van der Waals surface area contributed by atoms with Crippen molar-refractivity contribution < 1.29 is 18.7 Å². The van der Waals surface area contributed by atoms with Crippen molar-refractivity contribution in [3.63, 3.8) is 0 Å². The number of carbonyl (C=O) groups is 1. The molecule has 0 aromatic heterocycles. The van der Waals surface area contributed by atoms with Crippen LogP contribution in [0.5, 0.6) is 0 Å². The van der Waals surface area contributed by atoms with Gasteiger partial charge in [0, 0.05) is 0 Å². The maximum atomic E-state index is 11.7. The van der Waals surface area contributed by atoms with Crippen molar-refractivity contribution >= 4 is 17.6 Å². The SMILES string of the molecule is C=C(C(=O)O)C(F)(F)Cl. The first-order chi connectivity index (χ1) is 3.85. The molecule has 5 heteroatoms. The molecule has 0 aliphatic rings. The fourth-order valence-electron chi connectivity index (χ4n) is 0.121. The number of alkyl halides is 3. The molecule has 0 aliphatic heterocycles. The quantitative estimate of drug-likeness (QED) is 0.486. The largest absolute Gasteiger partial charge is 0.478 e. The lowest BCUT2D eigenvalue weighted by Gasteiger charge is -2.04. The zero-order valence-electron chi connectivity index (χ0n) is 4.20. The Morgan fingerprint density at radius 1 is 1.67 bits per heavy atom. The Balaban J connectivity index is 4.23. The van der Waals surface area contributed by atoms with E-state index in [1.54, 1.807) is 0 Å². The van der Waals surface area contributed by atoms with Crippen molar-refractivity contribution in [1.82, 2.24) is 0 Å². The van der Waals surface area contributed by atoms with Crippen molar-refractivity contribution in [3.05, 3.63) is 12.2 Å². The molecule has 0 saturated heterocycles. The van der Waals surface area contributed by atoms with Gasteiger partial charge in [-0.2, -0.15) is 8.78 Å². The Bertz CT molecular complexity index is 149. The minimum absolute atomic E-state index is 1.32. The molecule has 0 fully saturated rings. The first-order valence-corrected chi connectivity index (χ1v) is 2.23. The van der Waals surface area contributed by atoms with Gasteiger partial charge in [-0.1, -0.05) is 6.58 Å². The number of rotatable bonds is 2. The van der Waals surface area contributed by atoms with E-state index in [9.17, 15) is 13.6 Å². The summed E-state index contributed by atoms with van der Waals surface area (Å²) in [6.07, 6.45) is 0. The number of hydrogen-bond acceptors (Lipinski definition) is 1. The van der Waals surface area contributed by atoms with E-state index >= 15 is 0 Å². The maximum absolute atomic E-state index is 11.7. The van der Waals surface area contributed by atoms with E-state index < -0.39 is 16.9 Å². The molecule has 2 nitrogen and oxygen atoms in total. The van der Waals surface area contributed by atoms with Gasteiger partial charge in [0.15, 0.2) is 0 Å². The second-order valence-electron chi connectivity index (χ2n) is 1.28. The Kier molecular flexibility index (Phi) is 2.14. The number of carboxylic acids is 1. The average molecular weight is 157 g/mol. The summed E-state index contributed by atoms with van der Waals surface area (Å²) in [5.41, 5.74) is -1.32. The van der Waals surface area contributed by atoms with Crippen molar-refractivity contribution in [3.8, 4) is 0 Å². The van der Waals surface area contributed by atoms with E-state index in [-0.39, 0.29) is 0 Å². The lowest BCUT2D eigenvalue weighted by Crippen LogP contribution is -2.16. The zero-order chi connectivity index (χ0) is 7.65. The van der Waals surface area contributed by atoms with Gasteiger partial charge in [-0.3, -0.25) is 0 Å². The molecule has 0 bridgehead atoms. The molecule has 0 heterocycles. The van der Waals surface area contributed by atoms with E-state index in [0.29, 0.717) is 0 Å². The molecule has 0 rings (SSSR count). The van der Waals surface area contributed by atoms with Gasteiger partial charge in [0.25, 0.3) is 0 Å². The second kappa shape index (κ2) is 2.31. The van der Waals surface area contributed by atoms with Crippen LogP contribution in [0.25, 0.3) is 0 Å². The number of hydrogen-bond donors (Lipinski definition) is 1. The van der Waals surface area contributed by atoms with Crippen LogP contribution in [0.3, 0.4) is 0 Å². The Morgan fingerprint density at radius 2 is 2.00 bits per heavy atom. The molecule has 0 aromatic rings. The van der Waals surface area contributed by atoms with Crippen LogP contribution < -0.4 is 0 Å². The van der Waals surface area contributed by atoms with E-state index in [2.05, 4.69) is 18.2 Å². The molecule has 0 aliphatic carbocycles. The summed E-state index contributed by atoms with van der Waals surface area (Å²) < 4.78 is 23.3. The average Bonchev–Trinajstić information content (AvgIpc) is 1.62. The Hall–Kier alpha value is -0.640. The smallest absolute Gasteiger partial charge is 0.354 e. The summed E-state index contributed by atoms with van der Waals surface area (Å²) >= 11 is 4.26. The first kappa shape index (κ1) is 8.36. The van der Waals surface area contributed by atoms with Gasteiger partial charge in [0.05, 0.1) is 0 Å². The van der Waals surface area contributed by atoms with E-state index in [0.717, 1.165) is 0 Å². The molecule has 0 spiro atoms.